The number of rotatable bonds is 3. The summed E-state index contributed by atoms with van der Waals surface area (Å²) in [4.78, 5) is 27.2. The lowest BCUT2D eigenvalue weighted by Gasteiger charge is -2.27. The normalized spacial score (nSPS) is 17.6. The van der Waals surface area contributed by atoms with Gasteiger partial charge in [0.2, 0.25) is 0 Å². The van der Waals surface area contributed by atoms with Gasteiger partial charge in [0.05, 0.1) is 27.7 Å². The maximum atomic E-state index is 12.5. The van der Waals surface area contributed by atoms with Crippen molar-refractivity contribution in [3.8, 4) is 0 Å². The fourth-order valence-corrected chi connectivity index (χ4v) is 3.93. The summed E-state index contributed by atoms with van der Waals surface area (Å²) < 4.78 is 2.05. The van der Waals surface area contributed by atoms with E-state index in [1.54, 1.807) is 0 Å². The Morgan fingerprint density at radius 2 is 2.15 bits per heavy atom. The fraction of sp³-hybridized carbons (Fsp3) is 0.421. The van der Waals surface area contributed by atoms with E-state index in [0.29, 0.717) is 17.5 Å². The van der Waals surface area contributed by atoms with Crippen LogP contribution in [0.2, 0.25) is 5.02 Å². The van der Waals surface area contributed by atoms with Crippen LogP contribution in [0, 0.1) is 6.92 Å². The minimum Gasteiger partial charge on any atom is -0.310 e. The summed E-state index contributed by atoms with van der Waals surface area (Å²) in [5.41, 5.74) is 4.82. The number of nitrogens with zero attached hydrogens (tertiary/aromatic N) is 4. The van der Waals surface area contributed by atoms with Crippen molar-refractivity contribution >= 4 is 17.2 Å². The number of H-pyrrole nitrogens is 1. The number of fused-ring (bicyclic) bond motifs is 2. The summed E-state index contributed by atoms with van der Waals surface area (Å²) in [7, 11) is 0. The van der Waals surface area contributed by atoms with E-state index in [9.17, 15) is 4.79 Å². The molecular formula is C19H20ClN5O. The van der Waals surface area contributed by atoms with Crippen LogP contribution < -0.4 is 5.56 Å². The van der Waals surface area contributed by atoms with Gasteiger partial charge in [-0.05, 0) is 31.9 Å². The molecule has 26 heavy (non-hydrogen) atoms. The molecule has 1 saturated carbocycles. The average molecular weight is 370 g/mol. The Morgan fingerprint density at radius 3 is 2.96 bits per heavy atom. The van der Waals surface area contributed by atoms with Crippen molar-refractivity contribution in [3.05, 3.63) is 62.2 Å². The molecular weight excluding hydrogens is 350 g/mol. The molecule has 0 radical (unpaired) electrons. The van der Waals surface area contributed by atoms with Crippen molar-refractivity contribution in [2.24, 2.45) is 0 Å². The topological polar surface area (TPSA) is 66.3 Å². The molecule has 1 N–H and O–H groups in total. The third kappa shape index (κ3) is 2.73. The van der Waals surface area contributed by atoms with Crippen molar-refractivity contribution < 1.29 is 0 Å². The van der Waals surface area contributed by atoms with E-state index in [1.807, 2.05) is 29.7 Å². The zero-order valence-corrected chi connectivity index (χ0v) is 15.4. The van der Waals surface area contributed by atoms with Crippen LogP contribution in [0.4, 0.5) is 0 Å². The van der Waals surface area contributed by atoms with E-state index in [0.717, 1.165) is 66.5 Å². The van der Waals surface area contributed by atoms with Gasteiger partial charge in [-0.25, -0.2) is 9.97 Å². The Labute approximate surface area is 155 Å². The minimum absolute atomic E-state index is 0.0273. The van der Waals surface area contributed by atoms with Crippen LogP contribution in [0.25, 0.3) is 5.65 Å². The molecule has 5 rings (SSSR count). The van der Waals surface area contributed by atoms with E-state index in [4.69, 9.17) is 16.6 Å². The first-order chi connectivity index (χ1) is 12.6. The lowest BCUT2D eigenvalue weighted by Crippen LogP contribution is -2.36. The van der Waals surface area contributed by atoms with Crippen LogP contribution in [-0.2, 0) is 19.5 Å². The van der Waals surface area contributed by atoms with Gasteiger partial charge < -0.3 is 9.38 Å². The monoisotopic (exact) mass is 369 g/mol. The van der Waals surface area contributed by atoms with Crippen LogP contribution in [0.5, 0.6) is 0 Å². The van der Waals surface area contributed by atoms with Crippen molar-refractivity contribution in [1.29, 1.82) is 0 Å². The van der Waals surface area contributed by atoms with E-state index >= 15 is 0 Å². The Hall–Kier alpha value is -2.18. The van der Waals surface area contributed by atoms with Crippen molar-refractivity contribution in [3.63, 3.8) is 0 Å². The summed E-state index contributed by atoms with van der Waals surface area (Å²) in [6.45, 7) is 4.26. The Bertz CT molecular complexity index is 1070. The number of aromatic amines is 1. The molecule has 134 valence electrons. The lowest BCUT2D eigenvalue weighted by atomic mass is 10.1. The second-order valence-electron chi connectivity index (χ2n) is 7.33. The van der Waals surface area contributed by atoms with Crippen molar-refractivity contribution in [2.45, 2.75) is 45.2 Å². The van der Waals surface area contributed by atoms with E-state index in [-0.39, 0.29) is 5.56 Å². The van der Waals surface area contributed by atoms with Gasteiger partial charge in [-0.15, -0.1) is 0 Å². The standard InChI is InChI=1S/C19H20ClN5O/c1-11-16(25-8-13(20)4-5-17(25)21-11)10-24-7-6-15-14(9-24)19(26)23-18(22-15)12-2-3-12/h4-5,8,12H,2-3,6-7,9-10H2,1H3,(H,22,23,26). The van der Waals surface area contributed by atoms with Crippen LogP contribution in [0.15, 0.2) is 23.1 Å². The highest BCUT2D eigenvalue weighted by Gasteiger charge is 2.29. The Balaban J connectivity index is 1.44. The third-order valence-electron chi connectivity index (χ3n) is 5.38. The molecule has 1 aliphatic carbocycles. The maximum absolute atomic E-state index is 12.5. The summed E-state index contributed by atoms with van der Waals surface area (Å²) in [6.07, 6.45) is 5.00. The number of imidazole rings is 1. The van der Waals surface area contributed by atoms with Gasteiger partial charge in [-0.3, -0.25) is 9.69 Å². The summed E-state index contributed by atoms with van der Waals surface area (Å²) >= 11 is 6.16. The number of nitrogens with one attached hydrogen (secondary N) is 1. The minimum atomic E-state index is 0.0273. The molecule has 0 atom stereocenters. The molecule has 0 aromatic carbocycles. The molecule has 4 heterocycles. The number of halogens is 1. The molecule has 0 bridgehead atoms. The van der Waals surface area contributed by atoms with E-state index < -0.39 is 0 Å². The first kappa shape index (κ1) is 16.0. The zero-order chi connectivity index (χ0) is 17.8. The van der Waals surface area contributed by atoms with E-state index in [1.165, 1.54) is 0 Å². The van der Waals surface area contributed by atoms with Gasteiger partial charge in [-0.1, -0.05) is 11.6 Å². The maximum Gasteiger partial charge on any atom is 0.255 e. The number of aryl methyl sites for hydroxylation is 1. The molecule has 2 aliphatic rings. The number of pyridine rings is 1. The molecule has 0 saturated heterocycles. The SMILES string of the molecule is Cc1nc2ccc(Cl)cn2c1CN1CCc2nc(C3CC3)[nH]c(=O)c2C1. The van der Waals surface area contributed by atoms with Gasteiger partial charge >= 0.3 is 0 Å². The van der Waals surface area contributed by atoms with Gasteiger partial charge in [0, 0.05) is 38.2 Å². The van der Waals surface area contributed by atoms with Gasteiger partial charge in [-0.2, -0.15) is 0 Å². The molecule has 0 spiro atoms. The summed E-state index contributed by atoms with van der Waals surface area (Å²) in [5, 5.41) is 0.688. The zero-order valence-electron chi connectivity index (χ0n) is 14.6. The summed E-state index contributed by atoms with van der Waals surface area (Å²) in [6, 6.07) is 3.78. The molecule has 6 nitrogen and oxygen atoms in total. The Morgan fingerprint density at radius 1 is 1.31 bits per heavy atom. The van der Waals surface area contributed by atoms with Crippen LogP contribution in [0.1, 0.15) is 47.2 Å². The first-order valence-electron chi connectivity index (χ1n) is 9.06. The molecule has 1 fully saturated rings. The molecule has 3 aromatic heterocycles. The predicted octanol–water partition coefficient (Wildman–Crippen LogP) is 2.82. The largest absolute Gasteiger partial charge is 0.310 e. The highest BCUT2D eigenvalue weighted by Crippen LogP contribution is 2.37. The average Bonchev–Trinajstić information content (AvgIpc) is 3.42. The van der Waals surface area contributed by atoms with Crippen molar-refractivity contribution in [2.75, 3.05) is 6.54 Å². The van der Waals surface area contributed by atoms with E-state index in [2.05, 4.69) is 14.9 Å². The Kier molecular flexibility index (Phi) is 3.65. The number of aromatic nitrogens is 4. The molecule has 1 aliphatic heterocycles. The van der Waals surface area contributed by atoms with Crippen LogP contribution in [0.3, 0.4) is 0 Å². The first-order valence-corrected chi connectivity index (χ1v) is 9.43. The molecule has 0 unspecified atom stereocenters. The fourth-order valence-electron chi connectivity index (χ4n) is 3.77. The summed E-state index contributed by atoms with van der Waals surface area (Å²) in [5.74, 6) is 1.35. The van der Waals surface area contributed by atoms with Crippen LogP contribution >= 0.6 is 11.6 Å². The molecule has 7 heteroatoms. The van der Waals surface area contributed by atoms with Crippen LogP contribution in [-0.4, -0.2) is 30.8 Å². The van der Waals surface area contributed by atoms with Crippen molar-refractivity contribution in [1.82, 2.24) is 24.3 Å². The quantitative estimate of drug-likeness (QED) is 0.771. The lowest BCUT2D eigenvalue weighted by molar-refractivity contribution is 0.237. The second kappa shape index (κ2) is 5.93. The molecule has 3 aromatic rings. The smallest absolute Gasteiger partial charge is 0.255 e. The third-order valence-corrected chi connectivity index (χ3v) is 5.61. The molecule has 0 amide bonds. The number of hydrogen-bond donors (Lipinski definition) is 1. The number of hydrogen-bond acceptors (Lipinski definition) is 4. The second-order valence-corrected chi connectivity index (χ2v) is 7.77. The predicted molar refractivity (Wildman–Crippen MR) is 99.6 cm³/mol. The van der Waals surface area contributed by atoms with Gasteiger partial charge in [0.15, 0.2) is 0 Å². The van der Waals surface area contributed by atoms with Gasteiger partial charge in [0.1, 0.15) is 11.5 Å². The van der Waals surface area contributed by atoms with Gasteiger partial charge in [0.25, 0.3) is 5.56 Å². The highest BCUT2D eigenvalue weighted by molar-refractivity contribution is 6.30. The highest BCUT2D eigenvalue weighted by atomic mass is 35.5.